The molecule has 0 aliphatic rings. The maximum atomic E-state index is 12.4. The van der Waals surface area contributed by atoms with E-state index in [-0.39, 0.29) is 5.91 Å². The summed E-state index contributed by atoms with van der Waals surface area (Å²) in [5.41, 5.74) is 0.955. The molecule has 1 aromatic heterocycles. The van der Waals surface area contributed by atoms with Crippen LogP contribution in [-0.2, 0) is 4.74 Å². The lowest BCUT2D eigenvalue weighted by Gasteiger charge is -2.08. The van der Waals surface area contributed by atoms with Crippen molar-refractivity contribution in [3.8, 4) is 0 Å². The van der Waals surface area contributed by atoms with Crippen LogP contribution in [0, 0.1) is 0 Å². The first-order valence-electron chi connectivity index (χ1n) is 7.34. The fourth-order valence-electron chi connectivity index (χ4n) is 1.93. The van der Waals surface area contributed by atoms with Crippen LogP contribution >= 0.6 is 23.1 Å². The van der Waals surface area contributed by atoms with Gasteiger partial charge in [-0.25, -0.2) is 4.79 Å². The number of carbonyl (C=O) groups excluding carboxylic acids is 2. The van der Waals surface area contributed by atoms with Gasteiger partial charge in [0.2, 0.25) is 0 Å². The van der Waals surface area contributed by atoms with E-state index < -0.39 is 5.97 Å². The highest BCUT2D eigenvalue weighted by Crippen LogP contribution is 2.26. The first kappa shape index (κ1) is 17.6. The van der Waals surface area contributed by atoms with Gasteiger partial charge in [0.1, 0.15) is 5.00 Å². The standard InChI is InChI=1S/C17H19NO3S2/c1-4-21-17(20)14-8-9-22-16(14)18-15(19)12-6-5-7-13(10-12)23-11(2)3/h5-11H,4H2,1-3H3,(H,18,19). The number of hydrogen-bond donors (Lipinski definition) is 1. The van der Waals surface area contributed by atoms with Crippen molar-refractivity contribution in [2.75, 3.05) is 11.9 Å². The number of amides is 1. The van der Waals surface area contributed by atoms with Gasteiger partial charge in [-0.1, -0.05) is 19.9 Å². The van der Waals surface area contributed by atoms with Crippen LogP contribution in [0.4, 0.5) is 5.00 Å². The molecule has 4 nitrogen and oxygen atoms in total. The molecule has 122 valence electrons. The Labute approximate surface area is 144 Å². The number of thiophene rings is 1. The number of benzene rings is 1. The molecule has 0 aliphatic carbocycles. The molecule has 0 bridgehead atoms. The second-order valence-electron chi connectivity index (χ2n) is 5.03. The summed E-state index contributed by atoms with van der Waals surface area (Å²) < 4.78 is 4.99. The Morgan fingerprint density at radius 3 is 2.78 bits per heavy atom. The normalized spacial score (nSPS) is 10.6. The van der Waals surface area contributed by atoms with Crippen LogP contribution in [0.15, 0.2) is 40.6 Å². The number of hydrogen-bond acceptors (Lipinski definition) is 5. The summed E-state index contributed by atoms with van der Waals surface area (Å²) in [5.74, 6) is -0.655. The summed E-state index contributed by atoms with van der Waals surface area (Å²) in [5, 5.41) is 5.51. The van der Waals surface area contributed by atoms with Crippen molar-refractivity contribution in [3.05, 3.63) is 46.8 Å². The van der Waals surface area contributed by atoms with Gasteiger partial charge in [0.25, 0.3) is 5.91 Å². The third-order valence-corrected chi connectivity index (χ3v) is 4.68. The molecule has 0 saturated carbocycles. The van der Waals surface area contributed by atoms with Gasteiger partial charge in [0.05, 0.1) is 12.2 Å². The van der Waals surface area contributed by atoms with Gasteiger partial charge in [0.15, 0.2) is 0 Å². The van der Waals surface area contributed by atoms with Crippen molar-refractivity contribution in [2.45, 2.75) is 30.9 Å². The molecule has 23 heavy (non-hydrogen) atoms. The number of nitrogens with one attached hydrogen (secondary N) is 1. The van der Waals surface area contributed by atoms with Crippen LogP contribution < -0.4 is 5.32 Å². The highest BCUT2D eigenvalue weighted by Gasteiger charge is 2.17. The van der Waals surface area contributed by atoms with Gasteiger partial charge < -0.3 is 10.1 Å². The molecule has 1 heterocycles. The number of anilines is 1. The van der Waals surface area contributed by atoms with E-state index in [1.807, 2.05) is 18.2 Å². The van der Waals surface area contributed by atoms with Crippen molar-refractivity contribution in [1.82, 2.24) is 0 Å². The topological polar surface area (TPSA) is 55.4 Å². The lowest BCUT2D eigenvalue weighted by Crippen LogP contribution is -2.14. The monoisotopic (exact) mass is 349 g/mol. The Morgan fingerprint density at radius 1 is 1.30 bits per heavy atom. The Hall–Kier alpha value is -1.79. The highest BCUT2D eigenvalue weighted by atomic mass is 32.2. The van der Waals surface area contributed by atoms with Crippen LogP contribution in [-0.4, -0.2) is 23.7 Å². The molecule has 0 saturated heterocycles. The smallest absolute Gasteiger partial charge is 0.341 e. The molecule has 2 aromatic rings. The summed E-state index contributed by atoms with van der Waals surface area (Å²) in [7, 11) is 0. The summed E-state index contributed by atoms with van der Waals surface area (Å²) >= 11 is 3.00. The van der Waals surface area contributed by atoms with Crippen LogP contribution in [0.5, 0.6) is 0 Å². The zero-order valence-electron chi connectivity index (χ0n) is 13.3. The molecule has 0 unspecified atom stereocenters. The molecule has 1 N–H and O–H groups in total. The van der Waals surface area contributed by atoms with Gasteiger partial charge in [-0.3, -0.25) is 4.79 Å². The zero-order chi connectivity index (χ0) is 16.8. The maximum absolute atomic E-state index is 12.4. The minimum absolute atomic E-state index is 0.232. The van der Waals surface area contributed by atoms with E-state index in [0.717, 1.165) is 4.90 Å². The van der Waals surface area contributed by atoms with E-state index in [1.165, 1.54) is 11.3 Å². The van der Waals surface area contributed by atoms with E-state index in [9.17, 15) is 9.59 Å². The molecule has 2 rings (SSSR count). The van der Waals surface area contributed by atoms with E-state index >= 15 is 0 Å². The minimum atomic E-state index is -0.423. The third-order valence-electron chi connectivity index (χ3n) is 2.86. The first-order chi connectivity index (χ1) is 11.0. The average Bonchev–Trinajstić information content (AvgIpc) is 2.95. The van der Waals surface area contributed by atoms with Crippen molar-refractivity contribution < 1.29 is 14.3 Å². The van der Waals surface area contributed by atoms with Gasteiger partial charge >= 0.3 is 5.97 Å². The largest absolute Gasteiger partial charge is 0.462 e. The molecule has 0 spiro atoms. The summed E-state index contributed by atoms with van der Waals surface area (Å²) in [4.78, 5) is 25.3. The first-order valence-corrected chi connectivity index (χ1v) is 9.10. The van der Waals surface area contributed by atoms with E-state index in [2.05, 4.69) is 19.2 Å². The summed E-state index contributed by atoms with van der Waals surface area (Å²) in [6.07, 6.45) is 0. The van der Waals surface area contributed by atoms with E-state index in [1.54, 1.807) is 36.2 Å². The molecule has 0 radical (unpaired) electrons. The lowest BCUT2D eigenvalue weighted by atomic mass is 10.2. The molecular formula is C17H19NO3S2. The van der Waals surface area contributed by atoms with Crippen molar-refractivity contribution >= 4 is 40.0 Å². The van der Waals surface area contributed by atoms with Gasteiger partial charge in [-0.2, -0.15) is 0 Å². The number of ether oxygens (including phenoxy) is 1. The molecule has 1 amide bonds. The van der Waals surface area contributed by atoms with Crippen LogP contribution in [0.2, 0.25) is 0 Å². The maximum Gasteiger partial charge on any atom is 0.341 e. The molecular weight excluding hydrogens is 330 g/mol. The number of carbonyl (C=O) groups is 2. The average molecular weight is 349 g/mol. The fourth-order valence-corrected chi connectivity index (χ4v) is 3.60. The Balaban J connectivity index is 2.14. The summed E-state index contributed by atoms with van der Waals surface area (Å²) in [6.45, 7) is 6.26. The third kappa shape index (κ3) is 4.84. The fraction of sp³-hybridized carbons (Fsp3) is 0.294. The minimum Gasteiger partial charge on any atom is -0.462 e. The SMILES string of the molecule is CCOC(=O)c1ccsc1NC(=O)c1cccc(SC(C)C)c1. The number of rotatable bonds is 6. The summed E-state index contributed by atoms with van der Waals surface area (Å²) in [6, 6.07) is 9.12. The van der Waals surface area contributed by atoms with Crippen LogP contribution in [0.25, 0.3) is 0 Å². The quantitative estimate of drug-likeness (QED) is 0.608. The molecule has 0 aliphatic heterocycles. The molecule has 0 atom stereocenters. The second-order valence-corrected chi connectivity index (χ2v) is 7.60. The van der Waals surface area contributed by atoms with Gasteiger partial charge in [-0.05, 0) is 36.6 Å². The lowest BCUT2D eigenvalue weighted by molar-refractivity contribution is 0.0528. The van der Waals surface area contributed by atoms with Crippen molar-refractivity contribution in [1.29, 1.82) is 0 Å². The second kappa shape index (κ2) is 8.17. The van der Waals surface area contributed by atoms with Crippen LogP contribution in [0.1, 0.15) is 41.5 Å². The molecule has 1 aromatic carbocycles. The van der Waals surface area contributed by atoms with Crippen molar-refractivity contribution in [3.63, 3.8) is 0 Å². The predicted molar refractivity (Wildman–Crippen MR) is 95.7 cm³/mol. The zero-order valence-corrected chi connectivity index (χ0v) is 14.9. The number of thioether (sulfide) groups is 1. The van der Waals surface area contributed by atoms with Crippen molar-refractivity contribution in [2.24, 2.45) is 0 Å². The molecule has 0 fully saturated rings. The number of esters is 1. The predicted octanol–water partition coefficient (Wildman–Crippen LogP) is 4.68. The highest BCUT2D eigenvalue weighted by molar-refractivity contribution is 7.99. The van der Waals surface area contributed by atoms with E-state index in [0.29, 0.717) is 28.0 Å². The Kier molecular flexibility index (Phi) is 6.24. The Bertz CT molecular complexity index is 695. The van der Waals surface area contributed by atoms with Crippen LogP contribution in [0.3, 0.4) is 0 Å². The Morgan fingerprint density at radius 2 is 2.09 bits per heavy atom. The van der Waals surface area contributed by atoms with Gasteiger partial charge in [-0.15, -0.1) is 23.1 Å². The van der Waals surface area contributed by atoms with E-state index in [4.69, 9.17) is 4.74 Å². The molecule has 6 heteroatoms. The van der Waals surface area contributed by atoms with Gasteiger partial charge in [0, 0.05) is 15.7 Å².